The number of para-hydroxylation sites is 2. The summed E-state index contributed by atoms with van der Waals surface area (Å²) in [6, 6.07) is 46.0. The van der Waals surface area contributed by atoms with Gasteiger partial charge in [-0.2, -0.15) is 0 Å². The lowest BCUT2D eigenvalue weighted by atomic mass is 10.0. The fourth-order valence-corrected chi connectivity index (χ4v) is 5.90. The maximum absolute atomic E-state index is 6.15. The maximum atomic E-state index is 6.15. The Morgan fingerprint density at radius 3 is 1.72 bits per heavy atom. The molecule has 0 radical (unpaired) electrons. The molecular formula is C40H24N6O. The fourth-order valence-electron chi connectivity index (χ4n) is 5.90. The third kappa shape index (κ3) is 4.87. The molecule has 5 aromatic carbocycles. The highest BCUT2D eigenvalue weighted by Gasteiger charge is 2.17. The Hall–Kier alpha value is -6.60. The van der Waals surface area contributed by atoms with Gasteiger partial charge in [0.05, 0.1) is 11.2 Å². The van der Waals surface area contributed by atoms with Gasteiger partial charge in [-0.25, -0.2) is 24.9 Å². The summed E-state index contributed by atoms with van der Waals surface area (Å²) in [5.41, 5.74) is 7.42. The molecule has 7 nitrogen and oxygen atoms in total. The fraction of sp³-hybridized carbons (Fsp3) is 0. The Balaban J connectivity index is 1.19. The zero-order valence-electron chi connectivity index (χ0n) is 24.9. The van der Waals surface area contributed by atoms with Crippen LogP contribution in [0.3, 0.4) is 0 Å². The van der Waals surface area contributed by atoms with E-state index in [2.05, 4.69) is 12.1 Å². The van der Waals surface area contributed by atoms with Crippen LogP contribution < -0.4 is 0 Å². The van der Waals surface area contributed by atoms with Crippen molar-refractivity contribution in [2.75, 3.05) is 0 Å². The van der Waals surface area contributed by atoms with Crippen LogP contribution in [0.25, 0.3) is 89.8 Å². The number of pyridine rings is 1. The van der Waals surface area contributed by atoms with Crippen LogP contribution in [-0.4, -0.2) is 29.9 Å². The lowest BCUT2D eigenvalue weighted by Gasteiger charge is -2.11. The van der Waals surface area contributed by atoms with Gasteiger partial charge in [0.15, 0.2) is 23.3 Å². The van der Waals surface area contributed by atoms with Gasteiger partial charge in [0.1, 0.15) is 16.9 Å². The SMILES string of the molecule is c1ccc(-c2nc(-c3ccccc3)nc(-c3cccc(-c4nc(-c5cc6oc7ccccc7c6cn5)nc5ccccc45)c3)n2)cc1. The molecule has 0 N–H and O–H groups in total. The predicted octanol–water partition coefficient (Wildman–Crippen LogP) is 9.44. The summed E-state index contributed by atoms with van der Waals surface area (Å²) in [6.45, 7) is 0. The molecule has 0 aliphatic heterocycles. The first-order valence-electron chi connectivity index (χ1n) is 15.3. The van der Waals surface area contributed by atoms with Crippen LogP contribution >= 0.6 is 0 Å². The second-order valence-electron chi connectivity index (χ2n) is 11.2. The van der Waals surface area contributed by atoms with E-state index in [0.29, 0.717) is 29.0 Å². The van der Waals surface area contributed by atoms with Crippen LogP contribution in [0, 0.1) is 0 Å². The molecule has 0 saturated heterocycles. The second-order valence-corrected chi connectivity index (χ2v) is 11.2. The lowest BCUT2D eigenvalue weighted by molar-refractivity contribution is 0.668. The highest BCUT2D eigenvalue weighted by atomic mass is 16.3. The molecule has 9 aromatic rings. The van der Waals surface area contributed by atoms with E-state index in [4.69, 9.17) is 34.3 Å². The Morgan fingerprint density at radius 2 is 0.979 bits per heavy atom. The minimum absolute atomic E-state index is 0.518. The number of hydrogen-bond donors (Lipinski definition) is 0. The molecule has 7 heteroatoms. The van der Waals surface area contributed by atoms with Gasteiger partial charge in [0.25, 0.3) is 0 Å². The van der Waals surface area contributed by atoms with Gasteiger partial charge in [-0.05, 0) is 18.2 Å². The molecule has 0 aliphatic carbocycles. The topological polar surface area (TPSA) is 90.5 Å². The summed E-state index contributed by atoms with van der Waals surface area (Å²) in [5.74, 6) is 2.32. The second kappa shape index (κ2) is 11.1. The molecule has 0 amide bonds. The van der Waals surface area contributed by atoms with Crippen LogP contribution in [0.1, 0.15) is 0 Å². The highest BCUT2D eigenvalue weighted by molar-refractivity contribution is 6.05. The first-order valence-corrected chi connectivity index (χ1v) is 15.3. The summed E-state index contributed by atoms with van der Waals surface area (Å²) in [7, 11) is 0. The molecule has 0 fully saturated rings. The van der Waals surface area contributed by atoms with Crippen molar-refractivity contribution in [2.45, 2.75) is 0 Å². The Labute approximate surface area is 269 Å². The third-order valence-electron chi connectivity index (χ3n) is 8.19. The minimum atomic E-state index is 0.518. The van der Waals surface area contributed by atoms with Crippen LogP contribution in [0.4, 0.5) is 0 Å². The van der Waals surface area contributed by atoms with Gasteiger partial charge in [0.2, 0.25) is 0 Å². The summed E-state index contributed by atoms with van der Waals surface area (Å²) in [4.78, 5) is 29.5. The van der Waals surface area contributed by atoms with Crippen LogP contribution in [0.15, 0.2) is 150 Å². The van der Waals surface area contributed by atoms with Crippen molar-refractivity contribution in [3.8, 4) is 56.9 Å². The van der Waals surface area contributed by atoms with E-state index in [0.717, 1.165) is 60.8 Å². The molecule has 4 heterocycles. The zero-order chi connectivity index (χ0) is 31.2. The summed E-state index contributed by atoms with van der Waals surface area (Å²) in [5, 5.41) is 2.92. The first kappa shape index (κ1) is 26.8. The number of rotatable bonds is 5. The normalized spacial score (nSPS) is 11.4. The molecule has 0 saturated carbocycles. The largest absolute Gasteiger partial charge is 0.456 e. The van der Waals surface area contributed by atoms with Crippen molar-refractivity contribution >= 4 is 32.8 Å². The molecular weight excluding hydrogens is 580 g/mol. The quantitative estimate of drug-likeness (QED) is 0.193. The van der Waals surface area contributed by atoms with Crippen molar-refractivity contribution in [3.05, 3.63) is 146 Å². The van der Waals surface area contributed by atoms with Gasteiger partial charge in [-0.3, -0.25) is 4.98 Å². The molecule has 0 unspecified atom stereocenters. The molecule has 47 heavy (non-hydrogen) atoms. The molecule has 9 rings (SSSR count). The van der Waals surface area contributed by atoms with E-state index in [1.165, 1.54) is 0 Å². The van der Waals surface area contributed by atoms with E-state index in [1.54, 1.807) is 0 Å². The molecule has 0 spiro atoms. The maximum Gasteiger partial charge on any atom is 0.179 e. The Morgan fingerprint density at radius 1 is 0.383 bits per heavy atom. The van der Waals surface area contributed by atoms with E-state index >= 15 is 0 Å². The van der Waals surface area contributed by atoms with Crippen molar-refractivity contribution in [1.82, 2.24) is 29.9 Å². The summed E-state index contributed by atoms with van der Waals surface area (Å²) < 4.78 is 6.15. The van der Waals surface area contributed by atoms with E-state index in [1.807, 2.05) is 134 Å². The van der Waals surface area contributed by atoms with E-state index < -0.39 is 0 Å². The molecule has 0 bridgehead atoms. The number of hydrogen-bond acceptors (Lipinski definition) is 7. The van der Waals surface area contributed by atoms with Gasteiger partial charge in [0, 0.05) is 50.7 Å². The van der Waals surface area contributed by atoms with Crippen LogP contribution in [-0.2, 0) is 0 Å². The monoisotopic (exact) mass is 604 g/mol. The van der Waals surface area contributed by atoms with Gasteiger partial charge < -0.3 is 4.42 Å². The number of nitrogens with zero attached hydrogens (tertiary/aromatic N) is 6. The van der Waals surface area contributed by atoms with Gasteiger partial charge in [-0.1, -0.05) is 115 Å². The van der Waals surface area contributed by atoms with E-state index in [9.17, 15) is 0 Å². The van der Waals surface area contributed by atoms with Crippen LogP contribution in [0.2, 0.25) is 0 Å². The average molecular weight is 605 g/mol. The molecule has 220 valence electrons. The van der Waals surface area contributed by atoms with Gasteiger partial charge >= 0.3 is 0 Å². The highest BCUT2D eigenvalue weighted by Crippen LogP contribution is 2.34. The number of furan rings is 1. The molecule has 0 atom stereocenters. The Kier molecular flexibility index (Phi) is 6.31. The third-order valence-corrected chi connectivity index (χ3v) is 8.19. The number of aromatic nitrogens is 6. The summed E-state index contributed by atoms with van der Waals surface area (Å²) >= 11 is 0. The smallest absolute Gasteiger partial charge is 0.179 e. The van der Waals surface area contributed by atoms with Gasteiger partial charge in [-0.15, -0.1) is 0 Å². The van der Waals surface area contributed by atoms with Crippen LogP contribution in [0.5, 0.6) is 0 Å². The Bertz CT molecular complexity index is 2520. The summed E-state index contributed by atoms with van der Waals surface area (Å²) in [6.07, 6.45) is 1.84. The average Bonchev–Trinajstić information content (AvgIpc) is 3.53. The minimum Gasteiger partial charge on any atom is -0.456 e. The van der Waals surface area contributed by atoms with Crippen molar-refractivity contribution in [2.24, 2.45) is 0 Å². The standard InChI is InChI=1S/C40H24N6O/c1-3-12-25(13-4-1)37-44-38(26-14-5-2-6-15-26)46-39(45-37)28-17-11-16-27(22-28)36-30-19-7-9-20-32(30)42-40(43-36)33-23-35-31(24-41-33)29-18-8-10-21-34(29)47-35/h1-24H. The van der Waals surface area contributed by atoms with E-state index in [-0.39, 0.29) is 0 Å². The van der Waals surface area contributed by atoms with Crippen molar-refractivity contribution in [3.63, 3.8) is 0 Å². The van der Waals surface area contributed by atoms with Crippen molar-refractivity contribution < 1.29 is 4.42 Å². The number of benzene rings is 5. The predicted molar refractivity (Wildman–Crippen MR) is 185 cm³/mol. The molecule has 4 aromatic heterocycles. The zero-order valence-corrected chi connectivity index (χ0v) is 24.9. The number of fused-ring (bicyclic) bond motifs is 4. The van der Waals surface area contributed by atoms with Crippen molar-refractivity contribution in [1.29, 1.82) is 0 Å². The molecule has 0 aliphatic rings. The lowest BCUT2D eigenvalue weighted by Crippen LogP contribution is -2.00. The first-order chi connectivity index (χ1) is 23.3.